The Balaban J connectivity index is 1.16. The van der Waals surface area contributed by atoms with Crippen LogP contribution in [0.5, 0.6) is 11.8 Å². The fourth-order valence-corrected chi connectivity index (χ4v) is 8.34. The highest BCUT2D eigenvalue weighted by molar-refractivity contribution is 5.84. The van der Waals surface area contributed by atoms with Gasteiger partial charge in [0.2, 0.25) is 29.5 Å². The molecule has 5 heterocycles. The van der Waals surface area contributed by atoms with Crippen molar-refractivity contribution < 1.29 is 139 Å². The molecular formula is C44H73N5O28. The number of aliphatic hydroxyl groups excluding tert-OH is 13. The van der Waals surface area contributed by atoms with E-state index in [2.05, 4.69) is 16.0 Å². The zero-order chi connectivity index (χ0) is 56.7. The number of nitrogens with zero attached hydrogens (tertiary/aromatic N) is 2. The number of aliphatic hydroxyl groups is 13. The summed E-state index contributed by atoms with van der Waals surface area (Å²) in [6.45, 7) is -3.57. The second-order valence-electron chi connectivity index (χ2n) is 18.6. The van der Waals surface area contributed by atoms with E-state index in [0.717, 1.165) is 12.1 Å². The first-order valence-electron chi connectivity index (χ1n) is 24.7. The van der Waals surface area contributed by atoms with Gasteiger partial charge in [0.25, 0.3) is 0 Å². The predicted molar refractivity (Wildman–Crippen MR) is 247 cm³/mol. The molecule has 0 bridgehead atoms. The van der Waals surface area contributed by atoms with Crippen LogP contribution in [-0.4, -0.2) is 305 Å². The lowest BCUT2D eigenvalue weighted by molar-refractivity contribution is -0.366. The third-order valence-electron chi connectivity index (χ3n) is 12.7. The fourth-order valence-electron chi connectivity index (χ4n) is 8.34. The quantitative estimate of drug-likeness (QED) is 0.0347. The minimum absolute atomic E-state index is 0.0839. The summed E-state index contributed by atoms with van der Waals surface area (Å²) in [4.78, 5) is 57.6. The average molecular weight is 1120 g/mol. The number of carbonyl (C=O) groups is 4. The standard InChI is InChI=1S/C44H73N5O28/c1-19-29(58)33(62)36(65)41(72-19)69-11-9-46-24(53)14-48(13-23(52)45-8-4-2-3-5-28(57)77-49-26(55)6-7-27(49)56)15-25(54)47-10-12-70-43-39(68)40(76-44-38(67)35(64)31(60)21(17-51)74-44)32(61)22(75-43)18-71-42-37(66)34(63)30(59)20(16-50)73-42/h6-7,19-22,29-44,50-51,55-56,58-68H,2-5,8-18H2,1H3,(H,45,52)(H,46,53)(H,47,54). The summed E-state index contributed by atoms with van der Waals surface area (Å²) in [6.07, 6.45) is -32.4. The molecule has 0 aliphatic carbocycles. The molecule has 4 aliphatic rings. The van der Waals surface area contributed by atoms with Crippen LogP contribution in [0.15, 0.2) is 12.1 Å². The third kappa shape index (κ3) is 17.7. The molecule has 20 unspecified atom stereocenters. The van der Waals surface area contributed by atoms with Crippen LogP contribution in [0.2, 0.25) is 0 Å². The average Bonchev–Trinajstić information content (AvgIpc) is 3.72. The van der Waals surface area contributed by atoms with Crippen molar-refractivity contribution in [3.63, 3.8) is 0 Å². The molecular weight excluding hydrogens is 1050 g/mol. The van der Waals surface area contributed by atoms with E-state index in [1.54, 1.807) is 0 Å². The fraction of sp³-hybridized carbons (Fsp3) is 0.818. The number of nitrogens with one attached hydrogen (secondary N) is 3. The van der Waals surface area contributed by atoms with Gasteiger partial charge < -0.3 is 135 Å². The van der Waals surface area contributed by atoms with Crippen LogP contribution in [0, 0.1) is 0 Å². The molecule has 4 fully saturated rings. The van der Waals surface area contributed by atoms with Crippen LogP contribution in [-0.2, 0) is 57.1 Å². The summed E-state index contributed by atoms with van der Waals surface area (Å²) < 4.78 is 44.8. The molecule has 18 N–H and O–H groups in total. The Hall–Kier alpha value is -4.12. The molecule has 4 aliphatic heterocycles. The zero-order valence-electron chi connectivity index (χ0n) is 41.7. The highest BCUT2D eigenvalue weighted by Gasteiger charge is 2.52. The molecule has 442 valence electrons. The molecule has 0 spiro atoms. The Bertz CT molecular complexity index is 1970. The highest BCUT2D eigenvalue weighted by atomic mass is 16.8. The molecule has 0 saturated carbocycles. The maximum absolute atomic E-state index is 13.3. The topological polar surface area (TPSA) is 499 Å². The third-order valence-corrected chi connectivity index (χ3v) is 12.7. The van der Waals surface area contributed by atoms with Crippen LogP contribution in [0.1, 0.15) is 32.6 Å². The van der Waals surface area contributed by atoms with E-state index in [1.807, 2.05) is 0 Å². The van der Waals surface area contributed by atoms with Gasteiger partial charge in [-0.1, -0.05) is 6.42 Å². The van der Waals surface area contributed by atoms with Crippen LogP contribution in [0.25, 0.3) is 0 Å². The van der Waals surface area contributed by atoms with Gasteiger partial charge in [-0.3, -0.25) is 19.3 Å². The van der Waals surface area contributed by atoms with Gasteiger partial charge in [-0.05, 0) is 19.8 Å². The number of aromatic hydroxyl groups is 2. The van der Waals surface area contributed by atoms with E-state index in [-0.39, 0.29) is 32.7 Å². The number of rotatable bonds is 28. The molecule has 33 heteroatoms. The Morgan fingerprint density at radius 3 is 1.52 bits per heavy atom. The second-order valence-corrected chi connectivity index (χ2v) is 18.6. The maximum atomic E-state index is 13.3. The van der Waals surface area contributed by atoms with Crippen molar-refractivity contribution in [3.8, 4) is 11.8 Å². The van der Waals surface area contributed by atoms with Gasteiger partial charge >= 0.3 is 5.97 Å². The summed E-state index contributed by atoms with van der Waals surface area (Å²) in [5.74, 6) is -3.75. The monoisotopic (exact) mass is 1120 g/mol. The van der Waals surface area contributed by atoms with Gasteiger partial charge in [0.1, 0.15) is 91.6 Å². The molecule has 3 amide bonds. The molecule has 0 radical (unpaired) electrons. The van der Waals surface area contributed by atoms with Crippen molar-refractivity contribution in [2.24, 2.45) is 0 Å². The number of aromatic nitrogens is 1. The minimum atomic E-state index is -1.99. The SMILES string of the molecule is CC1OC(OCCNC(=O)CN(CC(=O)NCCCCCC(=O)On2c(O)ccc2O)CC(=O)NCCOC2OC(COC3OC(CO)C(O)C(O)C3O)C(O)C(OC3OC(CO)C(O)C(O)C3O)C2O)C(O)C(O)C1O. The lowest BCUT2D eigenvalue weighted by Gasteiger charge is -2.46. The van der Waals surface area contributed by atoms with E-state index >= 15 is 0 Å². The number of carbonyl (C=O) groups excluding carboxylic acids is 4. The number of hydrogen-bond acceptors (Lipinski definition) is 29. The van der Waals surface area contributed by atoms with E-state index < -0.39 is 204 Å². The van der Waals surface area contributed by atoms with Crippen molar-refractivity contribution in [2.75, 3.05) is 72.3 Å². The predicted octanol–water partition coefficient (Wildman–Crippen LogP) is -10.6. The van der Waals surface area contributed by atoms with Crippen LogP contribution in [0.4, 0.5) is 0 Å². The Kier molecular flexibility index (Phi) is 25.2. The molecule has 4 saturated heterocycles. The molecule has 20 atom stereocenters. The summed E-state index contributed by atoms with van der Waals surface area (Å²) in [5.41, 5.74) is 0. The van der Waals surface area contributed by atoms with Crippen molar-refractivity contribution in [3.05, 3.63) is 12.1 Å². The normalized spacial score (nSPS) is 35.6. The van der Waals surface area contributed by atoms with E-state index in [0.29, 0.717) is 24.0 Å². The van der Waals surface area contributed by atoms with E-state index in [4.69, 9.17) is 42.7 Å². The first-order chi connectivity index (χ1) is 36.6. The van der Waals surface area contributed by atoms with Crippen LogP contribution >= 0.6 is 0 Å². The van der Waals surface area contributed by atoms with Gasteiger partial charge in [0.15, 0.2) is 25.2 Å². The Morgan fingerprint density at radius 1 is 0.532 bits per heavy atom. The number of ether oxygens (including phenoxy) is 8. The molecule has 1 aromatic rings. The Morgan fingerprint density at radius 2 is 0.987 bits per heavy atom. The molecule has 1 aromatic heterocycles. The molecule has 33 nitrogen and oxygen atoms in total. The number of hydrogen-bond donors (Lipinski definition) is 18. The summed E-state index contributed by atoms with van der Waals surface area (Å²) in [7, 11) is 0. The minimum Gasteiger partial charge on any atom is -0.492 e. The van der Waals surface area contributed by atoms with Crippen molar-refractivity contribution in [2.45, 2.75) is 155 Å². The van der Waals surface area contributed by atoms with Crippen molar-refractivity contribution in [1.82, 2.24) is 25.6 Å². The van der Waals surface area contributed by atoms with Gasteiger partial charge in [-0.2, -0.15) is 0 Å². The lowest BCUT2D eigenvalue weighted by atomic mass is 9.96. The van der Waals surface area contributed by atoms with Crippen molar-refractivity contribution in [1.29, 1.82) is 0 Å². The summed E-state index contributed by atoms with van der Waals surface area (Å²) >= 11 is 0. The molecule has 5 rings (SSSR count). The first kappa shape index (κ1) is 63.7. The van der Waals surface area contributed by atoms with Crippen molar-refractivity contribution >= 4 is 23.7 Å². The summed E-state index contributed by atoms with van der Waals surface area (Å²) in [5, 5.41) is 161. The highest BCUT2D eigenvalue weighted by Crippen LogP contribution is 2.31. The van der Waals surface area contributed by atoms with Gasteiger partial charge in [0, 0.05) is 38.2 Å². The van der Waals surface area contributed by atoms with Gasteiger partial charge in [-0.25, -0.2) is 4.79 Å². The number of amides is 3. The molecule has 0 aromatic carbocycles. The largest absolute Gasteiger partial charge is 0.492 e. The van der Waals surface area contributed by atoms with Gasteiger partial charge in [-0.15, -0.1) is 4.73 Å². The lowest BCUT2D eigenvalue weighted by Crippen LogP contribution is -2.65. The maximum Gasteiger partial charge on any atom is 0.333 e. The Labute approximate surface area is 438 Å². The molecule has 77 heavy (non-hydrogen) atoms. The smallest absolute Gasteiger partial charge is 0.333 e. The number of unbranched alkanes of at least 4 members (excludes halogenated alkanes) is 2. The van der Waals surface area contributed by atoms with Crippen LogP contribution < -0.4 is 20.8 Å². The second kappa shape index (κ2) is 30.5. The van der Waals surface area contributed by atoms with Crippen LogP contribution in [0.3, 0.4) is 0 Å². The van der Waals surface area contributed by atoms with E-state index in [9.17, 15) is 95.8 Å². The first-order valence-corrected chi connectivity index (χ1v) is 24.7. The van der Waals surface area contributed by atoms with Gasteiger partial charge in [0.05, 0.1) is 58.8 Å². The summed E-state index contributed by atoms with van der Waals surface area (Å²) in [6, 6.07) is 2.25. The van der Waals surface area contributed by atoms with E-state index in [1.165, 1.54) is 11.8 Å². The zero-order valence-corrected chi connectivity index (χ0v) is 41.7.